The van der Waals surface area contributed by atoms with Crippen LogP contribution in [0.4, 0.5) is 5.69 Å². The largest absolute Gasteiger partial charge is 0.425 e. The molecule has 0 fully saturated rings. The molecule has 6 heteroatoms. The number of nitrogens with zero attached hydrogens (tertiary/aromatic N) is 1. The van der Waals surface area contributed by atoms with Crippen LogP contribution in [0, 0.1) is 0 Å². The van der Waals surface area contributed by atoms with E-state index >= 15 is 0 Å². The monoisotopic (exact) mass is 293 g/mol. The highest BCUT2D eigenvalue weighted by Gasteiger charge is 2.27. The van der Waals surface area contributed by atoms with Crippen LogP contribution in [0.2, 0.25) is 0 Å². The highest BCUT2D eigenvalue weighted by molar-refractivity contribution is 6.33. The number of carbonyl (C=O) groups is 3. The first-order valence-corrected chi connectivity index (χ1v) is 6.24. The number of amides is 2. The second-order valence-corrected chi connectivity index (χ2v) is 5.65. The number of alkyl halides is 1. The van der Waals surface area contributed by atoms with Crippen molar-refractivity contribution in [3.05, 3.63) is 36.4 Å². The van der Waals surface area contributed by atoms with Crippen molar-refractivity contribution in [3.8, 4) is 5.75 Å². The van der Waals surface area contributed by atoms with E-state index in [2.05, 4.69) is 0 Å². The lowest BCUT2D eigenvalue weighted by molar-refractivity contribution is -0.136. The fourth-order valence-electron chi connectivity index (χ4n) is 1.55. The van der Waals surface area contributed by atoms with E-state index < -0.39 is 22.7 Å². The molecule has 0 spiro atoms. The van der Waals surface area contributed by atoms with E-state index in [-0.39, 0.29) is 0 Å². The molecule has 1 aliphatic rings. The van der Waals surface area contributed by atoms with Gasteiger partial charge in [0.15, 0.2) is 0 Å². The molecule has 0 saturated heterocycles. The van der Waals surface area contributed by atoms with E-state index in [1.54, 1.807) is 0 Å². The topological polar surface area (TPSA) is 63.7 Å². The number of esters is 1. The first kappa shape index (κ1) is 14.3. The van der Waals surface area contributed by atoms with Gasteiger partial charge in [-0.15, -0.1) is 11.6 Å². The van der Waals surface area contributed by atoms with Gasteiger partial charge in [-0.3, -0.25) is 9.59 Å². The molecular formula is C14H12ClNO4. The lowest BCUT2D eigenvalue weighted by Crippen LogP contribution is -2.30. The maximum Gasteiger partial charge on any atom is 0.332 e. The summed E-state index contributed by atoms with van der Waals surface area (Å²) in [5.41, 5.74) is 0.412. The van der Waals surface area contributed by atoms with Gasteiger partial charge < -0.3 is 4.74 Å². The normalized spacial score (nSPS) is 14.8. The van der Waals surface area contributed by atoms with Crippen molar-refractivity contribution in [2.75, 3.05) is 4.90 Å². The Bertz CT molecular complexity index is 581. The Morgan fingerprint density at radius 1 is 1.10 bits per heavy atom. The van der Waals surface area contributed by atoms with E-state index in [4.69, 9.17) is 16.3 Å². The van der Waals surface area contributed by atoms with Gasteiger partial charge in [0.2, 0.25) is 0 Å². The Kier molecular flexibility index (Phi) is 3.63. The van der Waals surface area contributed by atoms with Crippen molar-refractivity contribution < 1.29 is 19.1 Å². The second-order valence-electron chi connectivity index (χ2n) is 4.70. The van der Waals surface area contributed by atoms with Gasteiger partial charge in [0, 0.05) is 12.2 Å². The van der Waals surface area contributed by atoms with Crippen molar-refractivity contribution in [2.45, 2.75) is 18.7 Å². The minimum absolute atomic E-state index is 0.291. The average Bonchev–Trinajstić information content (AvgIpc) is 2.69. The molecule has 0 aliphatic carbocycles. The van der Waals surface area contributed by atoms with Crippen molar-refractivity contribution >= 4 is 35.1 Å². The number of halogens is 1. The molecular weight excluding hydrogens is 282 g/mol. The Hall–Kier alpha value is -2.14. The number of anilines is 1. The van der Waals surface area contributed by atoms with Crippen LogP contribution in [-0.4, -0.2) is 22.7 Å². The fourth-order valence-corrected chi connectivity index (χ4v) is 1.58. The summed E-state index contributed by atoms with van der Waals surface area (Å²) >= 11 is 5.83. The van der Waals surface area contributed by atoms with Gasteiger partial charge in [0.05, 0.1) is 5.69 Å². The third-order valence-corrected chi connectivity index (χ3v) is 2.75. The number of imide groups is 1. The van der Waals surface area contributed by atoms with E-state index in [9.17, 15) is 14.4 Å². The van der Waals surface area contributed by atoms with Gasteiger partial charge in [-0.1, -0.05) is 0 Å². The quantitative estimate of drug-likeness (QED) is 0.370. The summed E-state index contributed by atoms with van der Waals surface area (Å²) in [6, 6.07) is 6.03. The zero-order chi connectivity index (χ0) is 14.9. The number of carbonyl (C=O) groups excluding carboxylic acids is 3. The van der Waals surface area contributed by atoms with Crippen LogP contribution in [0.25, 0.3) is 0 Å². The molecule has 2 rings (SSSR count). The lowest BCUT2D eigenvalue weighted by atomic mass is 10.2. The molecule has 0 bridgehead atoms. The summed E-state index contributed by atoms with van der Waals surface area (Å²) in [4.78, 5) is 34.5. The van der Waals surface area contributed by atoms with Crippen LogP contribution in [0.5, 0.6) is 5.75 Å². The van der Waals surface area contributed by atoms with Crippen LogP contribution in [-0.2, 0) is 14.4 Å². The number of hydrogen-bond acceptors (Lipinski definition) is 4. The van der Waals surface area contributed by atoms with Crippen LogP contribution in [0.1, 0.15) is 13.8 Å². The lowest BCUT2D eigenvalue weighted by Gasteiger charge is -2.16. The average molecular weight is 294 g/mol. The smallest absolute Gasteiger partial charge is 0.332 e. The summed E-state index contributed by atoms with van der Waals surface area (Å²) in [6.07, 6.45) is 2.40. The highest BCUT2D eigenvalue weighted by atomic mass is 35.5. The number of hydrogen-bond donors (Lipinski definition) is 0. The Morgan fingerprint density at radius 2 is 1.60 bits per heavy atom. The van der Waals surface area contributed by atoms with E-state index in [1.165, 1.54) is 50.3 Å². The van der Waals surface area contributed by atoms with Crippen LogP contribution < -0.4 is 9.64 Å². The molecule has 20 heavy (non-hydrogen) atoms. The van der Waals surface area contributed by atoms with Crippen molar-refractivity contribution in [1.82, 2.24) is 0 Å². The van der Waals surface area contributed by atoms with Gasteiger partial charge in [-0.2, -0.15) is 0 Å². The van der Waals surface area contributed by atoms with Gasteiger partial charge in [0.25, 0.3) is 11.8 Å². The first-order chi connectivity index (χ1) is 9.29. The van der Waals surface area contributed by atoms with E-state index in [0.717, 1.165) is 4.90 Å². The minimum Gasteiger partial charge on any atom is -0.425 e. The van der Waals surface area contributed by atoms with Crippen molar-refractivity contribution in [3.63, 3.8) is 0 Å². The predicted octanol–water partition coefficient (Wildman–Crippen LogP) is 2.04. The molecule has 104 valence electrons. The maximum absolute atomic E-state index is 11.6. The molecule has 0 saturated carbocycles. The molecule has 1 heterocycles. The van der Waals surface area contributed by atoms with E-state index in [1.807, 2.05) is 0 Å². The van der Waals surface area contributed by atoms with Gasteiger partial charge in [0.1, 0.15) is 10.6 Å². The Labute approximate surface area is 120 Å². The third kappa shape index (κ3) is 2.88. The molecule has 0 N–H and O–H groups in total. The van der Waals surface area contributed by atoms with Crippen LogP contribution >= 0.6 is 11.6 Å². The molecule has 0 atom stereocenters. The molecule has 1 aliphatic heterocycles. The minimum atomic E-state index is -1.12. The summed E-state index contributed by atoms with van der Waals surface area (Å²) in [7, 11) is 0. The number of benzene rings is 1. The predicted molar refractivity (Wildman–Crippen MR) is 73.6 cm³/mol. The third-order valence-electron chi connectivity index (χ3n) is 2.60. The maximum atomic E-state index is 11.6. The summed E-state index contributed by atoms with van der Waals surface area (Å²) < 4.78 is 5.08. The van der Waals surface area contributed by atoms with Crippen LogP contribution in [0.15, 0.2) is 36.4 Å². The van der Waals surface area contributed by atoms with Crippen LogP contribution in [0.3, 0.4) is 0 Å². The van der Waals surface area contributed by atoms with Gasteiger partial charge in [-0.25, -0.2) is 9.69 Å². The zero-order valence-electron chi connectivity index (χ0n) is 10.9. The molecule has 5 nitrogen and oxygen atoms in total. The molecule has 1 aromatic carbocycles. The molecule has 0 radical (unpaired) electrons. The summed E-state index contributed by atoms with van der Waals surface area (Å²) in [5, 5.41) is 0. The summed E-state index contributed by atoms with van der Waals surface area (Å²) in [5.74, 6) is -1.09. The van der Waals surface area contributed by atoms with Crippen molar-refractivity contribution in [2.24, 2.45) is 0 Å². The standard InChI is InChI=1S/C14H12ClNO4/c1-14(2,15)13(19)20-10-5-3-9(4-6-10)16-11(17)7-8-12(16)18/h3-8H,1-2H3. The highest BCUT2D eigenvalue weighted by Crippen LogP contribution is 2.24. The van der Waals surface area contributed by atoms with Gasteiger partial charge >= 0.3 is 5.97 Å². The first-order valence-electron chi connectivity index (χ1n) is 5.86. The zero-order valence-corrected chi connectivity index (χ0v) is 11.7. The summed E-state index contributed by atoms with van der Waals surface area (Å²) in [6.45, 7) is 3.05. The molecule has 2 amide bonds. The second kappa shape index (κ2) is 5.09. The van der Waals surface area contributed by atoms with Gasteiger partial charge in [-0.05, 0) is 38.1 Å². The Balaban J connectivity index is 2.13. The Morgan fingerprint density at radius 3 is 2.05 bits per heavy atom. The van der Waals surface area contributed by atoms with E-state index in [0.29, 0.717) is 11.4 Å². The fraction of sp³-hybridized carbons (Fsp3) is 0.214. The number of rotatable bonds is 3. The van der Waals surface area contributed by atoms with Crippen molar-refractivity contribution in [1.29, 1.82) is 0 Å². The SMILES string of the molecule is CC(C)(Cl)C(=O)Oc1ccc(N2C(=O)C=CC2=O)cc1. The molecule has 0 unspecified atom stereocenters. The molecule has 0 aromatic heterocycles. The number of ether oxygens (including phenoxy) is 1. The molecule has 1 aromatic rings.